The van der Waals surface area contributed by atoms with E-state index in [-0.39, 0.29) is 12.3 Å². The molecular formula is C7H12N2O3. The molecule has 0 radical (unpaired) electrons. The minimum absolute atomic E-state index is 0.0246. The van der Waals surface area contributed by atoms with Gasteiger partial charge in [0, 0.05) is 13.6 Å². The number of likely N-dealkylation sites (N-methyl/N-ethyl adjacent to an activating group) is 1. The summed E-state index contributed by atoms with van der Waals surface area (Å²) in [5.74, 6) is -0.677. The number of nitrogens with two attached hydrogens (primary N) is 1. The number of carbonyl (C=O) groups excluding carboxylic acids is 2. The van der Waals surface area contributed by atoms with Crippen LogP contribution >= 0.6 is 0 Å². The molecule has 0 aromatic heterocycles. The first-order valence-electron chi connectivity index (χ1n) is 3.76. The van der Waals surface area contributed by atoms with E-state index in [4.69, 9.17) is 10.5 Å². The molecule has 2 N–H and O–H groups in total. The standard InChI is InChI=1S/C7H12N2O3/c1-9-2-3-12-5(7(9)11)4-6(8)10/h5H,2-4H2,1H3,(H2,8,10). The molecule has 1 rings (SSSR count). The zero-order chi connectivity index (χ0) is 9.14. The van der Waals surface area contributed by atoms with Crippen LogP contribution in [-0.2, 0) is 14.3 Å². The molecule has 12 heavy (non-hydrogen) atoms. The molecule has 1 aliphatic heterocycles. The Labute approximate surface area is 70.5 Å². The van der Waals surface area contributed by atoms with Crippen molar-refractivity contribution in [3.63, 3.8) is 0 Å². The number of ether oxygens (including phenoxy) is 1. The predicted octanol–water partition coefficient (Wildman–Crippen LogP) is -1.28. The molecule has 1 saturated heterocycles. The lowest BCUT2D eigenvalue weighted by Crippen LogP contribution is -2.46. The highest BCUT2D eigenvalue weighted by Crippen LogP contribution is 2.07. The van der Waals surface area contributed by atoms with E-state index < -0.39 is 12.0 Å². The maximum atomic E-state index is 11.3. The molecule has 68 valence electrons. The fraction of sp³-hybridized carbons (Fsp3) is 0.714. The molecule has 0 saturated carbocycles. The van der Waals surface area contributed by atoms with Crippen molar-refractivity contribution in [3.8, 4) is 0 Å². The fourth-order valence-corrected chi connectivity index (χ4v) is 1.09. The maximum Gasteiger partial charge on any atom is 0.252 e. The van der Waals surface area contributed by atoms with Crippen molar-refractivity contribution >= 4 is 11.8 Å². The molecule has 1 atom stereocenters. The van der Waals surface area contributed by atoms with Gasteiger partial charge in [-0.25, -0.2) is 0 Å². The highest BCUT2D eigenvalue weighted by molar-refractivity contribution is 5.87. The first-order chi connectivity index (χ1) is 5.61. The van der Waals surface area contributed by atoms with E-state index >= 15 is 0 Å². The average molecular weight is 172 g/mol. The average Bonchev–Trinajstić information content (AvgIpc) is 1.98. The summed E-state index contributed by atoms with van der Waals surface area (Å²) in [4.78, 5) is 23.3. The van der Waals surface area contributed by atoms with Crippen molar-refractivity contribution in [3.05, 3.63) is 0 Å². The zero-order valence-electron chi connectivity index (χ0n) is 6.95. The fourth-order valence-electron chi connectivity index (χ4n) is 1.09. The molecule has 0 spiro atoms. The van der Waals surface area contributed by atoms with Crippen LogP contribution in [0.2, 0.25) is 0 Å². The molecule has 1 aliphatic rings. The van der Waals surface area contributed by atoms with Crippen LogP contribution in [0.25, 0.3) is 0 Å². The Morgan fingerprint density at radius 3 is 3.08 bits per heavy atom. The van der Waals surface area contributed by atoms with Crippen molar-refractivity contribution in [2.24, 2.45) is 5.73 Å². The van der Waals surface area contributed by atoms with E-state index in [0.717, 1.165) is 0 Å². The Morgan fingerprint density at radius 1 is 1.83 bits per heavy atom. The van der Waals surface area contributed by atoms with Gasteiger partial charge in [0.1, 0.15) is 6.10 Å². The third-order valence-corrected chi connectivity index (χ3v) is 1.78. The lowest BCUT2D eigenvalue weighted by atomic mass is 10.2. The number of hydrogen-bond donors (Lipinski definition) is 1. The van der Waals surface area contributed by atoms with E-state index in [9.17, 15) is 9.59 Å². The summed E-state index contributed by atoms with van der Waals surface area (Å²) < 4.78 is 5.08. The molecule has 1 heterocycles. The van der Waals surface area contributed by atoms with Crippen LogP contribution in [0.1, 0.15) is 6.42 Å². The van der Waals surface area contributed by atoms with Gasteiger partial charge in [-0.3, -0.25) is 9.59 Å². The van der Waals surface area contributed by atoms with Crippen molar-refractivity contribution in [1.82, 2.24) is 4.90 Å². The lowest BCUT2D eigenvalue weighted by Gasteiger charge is -2.28. The molecule has 1 fully saturated rings. The summed E-state index contributed by atoms with van der Waals surface area (Å²) in [7, 11) is 1.68. The van der Waals surface area contributed by atoms with Crippen LogP contribution in [0, 0.1) is 0 Å². The number of morpholine rings is 1. The van der Waals surface area contributed by atoms with Gasteiger partial charge in [-0.05, 0) is 0 Å². The number of carbonyl (C=O) groups is 2. The predicted molar refractivity (Wildman–Crippen MR) is 41.2 cm³/mol. The van der Waals surface area contributed by atoms with Gasteiger partial charge >= 0.3 is 0 Å². The minimum atomic E-state index is -0.666. The van der Waals surface area contributed by atoms with Crippen molar-refractivity contribution < 1.29 is 14.3 Å². The van der Waals surface area contributed by atoms with Gasteiger partial charge < -0.3 is 15.4 Å². The highest BCUT2D eigenvalue weighted by Gasteiger charge is 2.28. The molecule has 0 aliphatic carbocycles. The van der Waals surface area contributed by atoms with E-state index in [1.165, 1.54) is 4.90 Å². The summed E-state index contributed by atoms with van der Waals surface area (Å²) in [6.07, 6.45) is -0.690. The van der Waals surface area contributed by atoms with Gasteiger partial charge in [-0.15, -0.1) is 0 Å². The van der Waals surface area contributed by atoms with Crippen LogP contribution in [0.3, 0.4) is 0 Å². The molecule has 5 nitrogen and oxygen atoms in total. The Balaban J connectivity index is 2.52. The van der Waals surface area contributed by atoms with Crippen LogP contribution in [0.4, 0.5) is 0 Å². The smallest absolute Gasteiger partial charge is 0.252 e. The number of rotatable bonds is 2. The van der Waals surface area contributed by atoms with Crippen LogP contribution < -0.4 is 5.73 Å². The quantitative estimate of drug-likeness (QED) is 0.563. The van der Waals surface area contributed by atoms with Gasteiger partial charge in [0.25, 0.3) is 5.91 Å². The van der Waals surface area contributed by atoms with Crippen LogP contribution in [-0.4, -0.2) is 43.0 Å². The number of amides is 2. The third kappa shape index (κ3) is 1.94. The Morgan fingerprint density at radius 2 is 2.50 bits per heavy atom. The summed E-state index contributed by atoms with van der Waals surface area (Å²) in [5.41, 5.74) is 4.94. The molecule has 2 amide bonds. The Hall–Kier alpha value is -1.10. The second kappa shape index (κ2) is 3.53. The third-order valence-electron chi connectivity index (χ3n) is 1.78. The summed E-state index contributed by atoms with van der Waals surface area (Å²) in [5, 5.41) is 0. The van der Waals surface area contributed by atoms with E-state index in [1.54, 1.807) is 7.05 Å². The molecule has 0 aromatic rings. The molecular weight excluding hydrogens is 160 g/mol. The lowest BCUT2D eigenvalue weighted by molar-refractivity contribution is -0.153. The van der Waals surface area contributed by atoms with Gasteiger partial charge in [-0.2, -0.15) is 0 Å². The summed E-state index contributed by atoms with van der Waals surface area (Å²) >= 11 is 0. The minimum Gasteiger partial charge on any atom is -0.370 e. The van der Waals surface area contributed by atoms with Crippen molar-refractivity contribution in [2.45, 2.75) is 12.5 Å². The zero-order valence-corrected chi connectivity index (χ0v) is 6.95. The summed E-state index contributed by atoms with van der Waals surface area (Å²) in [6.45, 7) is 1.05. The number of primary amides is 1. The number of nitrogens with zero attached hydrogens (tertiary/aromatic N) is 1. The Bertz CT molecular complexity index is 205. The highest BCUT2D eigenvalue weighted by atomic mass is 16.5. The molecule has 0 bridgehead atoms. The summed E-state index contributed by atoms with van der Waals surface area (Å²) in [6, 6.07) is 0. The van der Waals surface area contributed by atoms with E-state index in [0.29, 0.717) is 13.2 Å². The monoisotopic (exact) mass is 172 g/mol. The second-order valence-corrected chi connectivity index (χ2v) is 2.79. The van der Waals surface area contributed by atoms with Gasteiger partial charge in [0.2, 0.25) is 5.91 Å². The van der Waals surface area contributed by atoms with Gasteiger partial charge in [0.15, 0.2) is 0 Å². The van der Waals surface area contributed by atoms with Crippen molar-refractivity contribution in [1.29, 1.82) is 0 Å². The molecule has 0 aromatic carbocycles. The normalized spacial score (nSPS) is 24.2. The second-order valence-electron chi connectivity index (χ2n) is 2.79. The van der Waals surface area contributed by atoms with Crippen molar-refractivity contribution in [2.75, 3.05) is 20.2 Å². The largest absolute Gasteiger partial charge is 0.370 e. The Kier molecular flexibility index (Phi) is 2.65. The van der Waals surface area contributed by atoms with Crippen LogP contribution in [0.5, 0.6) is 0 Å². The topological polar surface area (TPSA) is 72.6 Å². The molecule has 1 unspecified atom stereocenters. The van der Waals surface area contributed by atoms with Gasteiger partial charge in [-0.1, -0.05) is 0 Å². The number of hydrogen-bond acceptors (Lipinski definition) is 3. The van der Waals surface area contributed by atoms with E-state index in [2.05, 4.69) is 0 Å². The van der Waals surface area contributed by atoms with Gasteiger partial charge in [0.05, 0.1) is 13.0 Å². The first kappa shape index (κ1) is 8.99. The maximum absolute atomic E-state index is 11.3. The van der Waals surface area contributed by atoms with Crippen LogP contribution in [0.15, 0.2) is 0 Å². The first-order valence-corrected chi connectivity index (χ1v) is 3.76. The SMILES string of the molecule is CN1CCOC(CC(N)=O)C1=O. The molecule has 5 heteroatoms. The van der Waals surface area contributed by atoms with E-state index in [1.807, 2.05) is 0 Å².